The van der Waals surface area contributed by atoms with Gasteiger partial charge in [-0.3, -0.25) is 9.69 Å². The zero-order valence-corrected chi connectivity index (χ0v) is 14.4. The highest BCUT2D eigenvalue weighted by Gasteiger charge is 2.36. The van der Waals surface area contributed by atoms with Gasteiger partial charge in [0, 0.05) is 45.7 Å². The van der Waals surface area contributed by atoms with Gasteiger partial charge in [-0.15, -0.1) is 0 Å². The Morgan fingerprint density at radius 3 is 2.28 bits per heavy atom. The van der Waals surface area contributed by atoms with Gasteiger partial charge in [-0.1, -0.05) is 12.1 Å². The number of nitrogens with zero attached hydrogens (tertiary/aromatic N) is 3. The minimum absolute atomic E-state index is 0.101. The van der Waals surface area contributed by atoms with Crippen LogP contribution in [0.1, 0.15) is 31.4 Å². The van der Waals surface area contributed by atoms with Crippen molar-refractivity contribution in [3.05, 3.63) is 35.6 Å². The van der Waals surface area contributed by atoms with Crippen LogP contribution in [0.15, 0.2) is 24.3 Å². The van der Waals surface area contributed by atoms with E-state index in [9.17, 15) is 19.1 Å². The van der Waals surface area contributed by atoms with Crippen molar-refractivity contribution in [3.8, 4) is 0 Å². The first kappa shape index (κ1) is 17.7. The molecule has 0 aromatic heterocycles. The first-order valence-electron chi connectivity index (χ1n) is 8.70. The molecule has 6 nitrogen and oxygen atoms in total. The number of piperazine rings is 1. The summed E-state index contributed by atoms with van der Waals surface area (Å²) in [5.41, 5.74) is 0.830. The van der Waals surface area contributed by atoms with E-state index in [-0.39, 0.29) is 23.8 Å². The molecule has 25 heavy (non-hydrogen) atoms. The van der Waals surface area contributed by atoms with Gasteiger partial charge in [-0.2, -0.15) is 0 Å². The fourth-order valence-corrected chi connectivity index (χ4v) is 3.91. The quantitative estimate of drug-likeness (QED) is 0.889. The molecule has 0 radical (unpaired) electrons. The lowest BCUT2D eigenvalue weighted by Crippen LogP contribution is -2.54. The van der Waals surface area contributed by atoms with Crippen LogP contribution >= 0.6 is 0 Å². The number of benzene rings is 1. The van der Waals surface area contributed by atoms with Crippen LogP contribution in [0, 0.1) is 5.82 Å². The molecule has 1 aromatic rings. The molecule has 7 heteroatoms. The van der Waals surface area contributed by atoms with E-state index in [1.54, 1.807) is 19.1 Å². The molecule has 1 aromatic carbocycles. The Hall–Kier alpha value is -2.15. The van der Waals surface area contributed by atoms with Gasteiger partial charge in [-0.25, -0.2) is 9.18 Å². The molecule has 2 aliphatic rings. The first-order chi connectivity index (χ1) is 12.0. The molecule has 2 amide bonds. The number of likely N-dealkylation sites (tertiary alicyclic amines) is 1. The molecule has 0 spiro atoms. The third-order valence-corrected chi connectivity index (χ3v) is 5.35. The number of rotatable bonds is 2. The first-order valence-corrected chi connectivity index (χ1v) is 8.70. The molecule has 3 rings (SSSR count). The fraction of sp³-hybridized carbons (Fsp3) is 0.556. The van der Waals surface area contributed by atoms with E-state index in [0.29, 0.717) is 13.0 Å². The second-order valence-corrected chi connectivity index (χ2v) is 6.76. The standard InChI is InChI=1S/C18H24FN3O3/c1-13(23)20-8-10-21(11-9-20)16-6-7-22(18(24)25)17(12-16)14-2-4-15(19)5-3-14/h2-5,16-17H,6-12H2,1H3,(H,24,25)/t16-,17-/m1/s1. The third kappa shape index (κ3) is 3.92. The molecule has 2 fully saturated rings. The van der Waals surface area contributed by atoms with Gasteiger partial charge < -0.3 is 14.9 Å². The lowest BCUT2D eigenvalue weighted by molar-refractivity contribution is -0.131. The fourth-order valence-electron chi connectivity index (χ4n) is 3.91. The third-order valence-electron chi connectivity index (χ3n) is 5.35. The number of piperidine rings is 1. The van der Waals surface area contributed by atoms with Gasteiger partial charge in [0.1, 0.15) is 5.82 Å². The Morgan fingerprint density at radius 1 is 1.08 bits per heavy atom. The van der Waals surface area contributed by atoms with Crippen molar-refractivity contribution in [1.29, 1.82) is 0 Å². The van der Waals surface area contributed by atoms with Crippen LogP contribution in [-0.4, -0.2) is 70.6 Å². The molecule has 0 aliphatic carbocycles. The molecule has 136 valence electrons. The largest absolute Gasteiger partial charge is 0.465 e. The molecule has 0 unspecified atom stereocenters. The predicted octanol–water partition coefficient (Wildman–Crippen LogP) is 2.17. The van der Waals surface area contributed by atoms with Crippen LogP contribution in [0.5, 0.6) is 0 Å². The monoisotopic (exact) mass is 349 g/mol. The summed E-state index contributed by atoms with van der Waals surface area (Å²) in [5, 5.41) is 9.51. The normalized spacial score (nSPS) is 25.0. The Labute approximate surface area is 146 Å². The SMILES string of the molecule is CC(=O)N1CCN([C@@H]2CCN(C(=O)O)[C@@H](c3ccc(F)cc3)C2)CC1. The average Bonchev–Trinajstić information content (AvgIpc) is 2.62. The van der Waals surface area contributed by atoms with Gasteiger partial charge in [0.05, 0.1) is 6.04 Å². The van der Waals surface area contributed by atoms with Gasteiger partial charge in [0.25, 0.3) is 0 Å². The van der Waals surface area contributed by atoms with Crippen molar-refractivity contribution in [2.24, 2.45) is 0 Å². The van der Waals surface area contributed by atoms with E-state index >= 15 is 0 Å². The Kier molecular flexibility index (Phi) is 5.22. The summed E-state index contributed by atoms with van der Waals surface area (Å²) in [6.45, 7) is 5.12. The molecular formula is C18H24FN3O3. The maximum absolute atomic E-state index is 13.2. The number of amides is 2. The number of carbonyl (C=O) groups is 2. The molecule has 2 saturated heterocycles. The average molecular weight is 349 g/mol. The van der Waals surface area contributed by atoms with Crippen molar-refractivity contribution < 1.29 is 19.1 Å². The van der Waals surface area contributed by atoms with E-state index in [4.69, 9.17) is 0 Å². The smallest absolute Gasteiger partial charge is 0.407 e. The van der Waals surface area contributed by atoms with E-state index < -0.39 is 6.09 Å². The Morgan fingerprint density at radius 2 is 1.72 bits per heavy atom. The summed E-state index contributed by atoms with van der Waals surface area (Å²) in [6.07, 6.45) is 0.538. The minimum Gasteiger partial charge on any atom is -0.465 e. The van der Waals surface area contributed by atoms with Crippen LogP contribution < -0.4 is 0 Å². The van der Waals surface area contributed by atoms with Crippen LogP contribution in [0.4, 0.5) is 9.18 Å². The maximum atomic E-state index is 13.2. The molecule has 1 N–H and O–H groups in total. The topological polar surface area (TPSA) is 64.1 Å². The second-order valence-electron chi connectivity index (χ2n) is 6.76. The van der Waals surface area contributed by atoms with E-state index in [0.717, 1.165) is 38.2 Å². The number of halogens is 1. The van der Waals surface area contributed by atoms with Crippen molar-refractivity contribution in [1.82, 2.24) is 14.7 Å². The summed E-state index contributed by atoms with van der Waals surface area (Å²) < 4.78 is 13.2. The van der Waals surface area contributed by atoms with Gasteiger partial charge in [0.15, 0.2) is 0 Å². The molecule has 2 atom stereocenters. The summed E-state index contributed by atoms with van der Waals surface area (Å²) in [6, 6.07) is 6.12. The van der Waals surface area contributed by atoms with Crippen LogP contribution in [0.3, 0.4) is 0 Å². The van der Waals surface area contributed by atoms with Gasteiger partial charge in [-0.05, 0) is 30.5 Å². The molecule has 2 heterocycles. The second kappa shape index (κ2) is 7.39. The molecule has 0 bridgehead atoms. The summed E-state index contributed by atoms with van der Waals surface area (Å²) in [5.74, 6) is -0.220. The maximum Gasteiger partial charge on any atom is 0.407 e. The molecule has 2 aliphatic heterocycles. The van der Waals surface area contributed by atoms with Gasteiger partial charge in [0.2, 0.25) is 5.91 Å². The van der Waals surface area contributed by atoms with E-state index in [1.165, 1.54) is 17.0 Å². The zero-order valence-electron chi connectivity index (χ0n) is 14.4. The summed E-state index contributed by atoms with van der Waals surface area (Å²) >= 11 is 0. The number of carbonyl (C=O) groups excluding carboxylic acids is 1. The van der Waals surface area contributed by atoms with Crippen LogP contribution in [-0.2, 0) is 4.79 Å². The Bertz CT molecular complexity index is 629. The highest BCUT2D eigenvalue weighted by Crippen LogP contribution is 2.33. The van der Waals surface area contributed by atoms with Crippen LogP contribution in [0.2, 0.25) is 0 Å². The van der Waals surface area contributed by atoms with Crippen molar-refractivity contribution >= 4 is 12.0 Å². The van der Waals surface area contributed by atoms with Gasteiger partial charge >= 0.3 is 6.09 Å². The predicted molar refractivity (Wildman–Crippen MR) is 90.7 cm³/mol. The van der Waals surface area contributed by atoms with Crippen molar-refractivity contribution in [3.63, 3.8) is 0 Å². The molecule has 0 saturated carbocycles. The lowest BCUT2D eigenvalue weighted by Gasteiger charge is -2.45. The Balaban J connectivity index is 1.71. The highest BCUT2D eigenvalue weighted by molar-refractivity contribution is 5.73. The van der Waals surface area contributed by atoms with E-state index in [1.807, 2.05) is 4.90 Å². The number of hydrogen-bond acceptors (Lipinski definition) is 3. The van der Waals surface area contributed by atoms with E-state index in [2.05, 4.69) is 4.90 Å². The highest BCUT2D eigenvalue weighted by atomic mass is 19.1. The lowest BCUT2D eigenvalue weighted by atomic mass is 9.90. The van der Waals surface area contributed by atoms with Crippen LogP contribution in [0.25, 0.3) is 0 Å². The number of hydrogen-bond donors (Lipinski definition) is 1. The summed E-state index contributed by atoms with van der Waals surface area (Å²) in [4.78, 5) is 28.7. The summed E-state index contributed by atoms with van der Waals surface area (Å²) in [7, 11) is 0. The number of carboxylic acid groups (broad SMARTS) is 1. The zero-order chi connectivity index (χ0) is 18.0. The van der Waals surface area contributed by atoms with Crippen molar-refractivity contribution in [2.75, 3.05) is 32.7 Å². The van der Waals surface area contributed by atoms with Crippen molar-refractivity contribution in [2.45, 2.75) is 31.8 Å². The molecular weight excluding hydrogens is 325 g/mol. The minimum atomic E-state index is -0.936.